The molecule has 0 saturated heterocycles. The van der Waals surface area contributed by atoms with E-state index < -0.39 is 0 Å². The molecule has 0 amide bonds. The van der Waals surface area contributed by atoms with Gasteiger partial charge in [0.15, 0.2) is 17.5 Å². The van der Waals surface area contributed by atoms with E-state index in [1.807, 2.05) is 65.3 Å². The summed E-state index contributed by atoms with van der Waals surface area (Å²) < 4.78 is 1.82. The zero-order chi connectivity index (χ0) is 15.8. The molecule has 1 aliphatic heterocycles. The second kappa shape index (κ2) is 8.04. The van der Waals surface area contributed by atoms with Crippen molar-refractivity contribution in [2.24, 2.45) is 20.4 Å². The molecule has 1 aromatic heterocycles. The SMILES string of the molecule is C/C(N=NC1C=CC=CN1C)=N\N=c1/ccccn1CCO. The van der Waals surface area contributed by atoms with Gasteiger partial charge in [-0.2, -0.15) is 5.11 Å². The normalized spacial score (nSPS) is 19.4. The Morgan fingerprint density at radius 2 is 2.18 bits per heavy atom. The van der Waals surface area contributed by atoms with E-state index in [4.69, 9.17) is 5.11 Å². The van der Waals surface area contributed by atoms with Gasteiger partial charge in [0, 0.05) is 26.0 Å². The quantitative estimate of drug-likeness (QED) is 0.396. The second-order valence-electron chi connectivity index (χ2n) is 4.74. The molecule has 0 spiro atoms. The fourth-order valence-corrected chi connectivity index (χ4v) is 1.83. The molecule has 1 unspecified atom stereocenters. The molecule has 22 heavy (non-hydrogen) atoms. The van der Waals surface area contributed by atoms with Crippen LogP contribution in [0, 0.1) is 0 Å². The van der Waals surface area contributed by atoms with Crippen molar-refractivity contribution in [2.75, 3.05) is 13.7 Å². The van der Waals surface area contributed by atoms with E-state index in [0.29, 0.717) is 17.9 Å². The maximum absolute atomic E-state index is 9.03. The number of hydrogen-bond acceptors (Lipinski definition) is 5. The summed E-state index contributed by atoms with van der Waals surface area (Å²) >= 11 is 0. The number of amidine groups is 1. The maximum Gasteiger partial charge on any atom is 0.170 e. The average Bonchev–Trinajstić information content (AvgIpc) is 2.53. The molecule has 1 aromatic rings. The largest absolute Gasteiger partial charge is 0.395 e. The summed E-state index contributed by atoms with van der Waals surface area (Å²) in [6, 6.07) is 5.57. The van der Waals surface area contributed by atoms with E-state index in [1.165, 1.54) is 0 Å². The number of allylic oxidation sites excluding steroid dienone is 2. The minimum atomic E-state index is -0.119. The van der Waals surface area contributed by atoms with Crippen LogP contribution in [-0.2, 0) is 6.54 Å². The lowest BCUT2D eigenvalue weighted by molar-refractivity contribution is 0.273. The molecule has 2 heterocycles. The van der Waals surface area contributed by atoms with E-state index in [9.17, 15) is 0 Å². The van der Waals surface area contributed by atoms with Crippen LogP contribution >= 0.6 is 0 Å². The topological polar surface area (TPSA) is 77.8 Å². The molecular formula is C15H20N6O. The Hall–Kier alpha value is -2.54. The van der Waals surface area contributed by atoms with E-state index >= 15 is 0 Å². The number of rotatable bonds is 4. The summed E-state index contributed by atoms with van der Waals surface area (Å²) in [7, 11) is 1.93. The molecule has 1 aliphatic rings. The van der Waals surface area contributed by atoms with Crippen molar-refractivity contribution < 1.29 is 5.11 Å². The van der Waals surface area contributed by atoms with Crippen LogP contribution in [0.1, 0.15) is 6.92 Å². The predicted octanol–water partition coefficient (Wildman–Crippen LogP) is 1.51. The number of aromatic nitrogens is 1. The zero-order valence-electron chi connectivity index (χ0n) is 12.7. The van der Waals surface area contributed by atoms with Crippen molar-refractivity contribution >= 4 is 5.84 Å². The van der Waals surface area contributed by atoms with Gasteiger partial charge in [-0.1, -0.05) is 12.1 Å². The molecule has 0 aromatic carbocycles. The molecule has 0 saturated carbocycles. The standard InChI is InChI=1S/C15H20N6O/c1-13(16-18-14-7-3-5-9-20(14)2)17-19-15-8-4-6-10-21(15)11-12-22/h3-10,14,22H,11-12H2,1-2H3/b17-13+,18-16?,19-15+. The van der Waals surface area contributed by atoms with Crippen LogP contribution in [0.25, 0.3) is 0 Å². The van der Waals surface area contributed by atoms with E-state index in [-0.39, 0.29) is 12.8 Å². The predicted molar refractivity (Wildman–Crippen MR) is 84.9 cm³/mol. The highest BCUT2D eigenvalue weighted by atomic mass is 16.3. The van der Waals surface area contributed by atoms with Crippen molar-refractivity contribution in [3.63, 3.8) is 0 Å². The van der Waals surface area contributed by atoms with Gasteiger partial charge in [0.05, 0.1) is 6.61 Å². The molecule has 1 N–H and O–H groups in total. The van der Waals surface area contributed by atoms with Crippen LogP contribution in [0.3, 0.4) is 0 Å². The first-order valence-electron chi connectivity index (χ1n) is 7.03. The van der Waals surface area contributed by atoms with E-state index in [0.717, 1.165) is 0 Å². The summed E-state index contributed by atoms with van der Waals surface area (Å²) in [5.74, 6) is 0.468. The highest BCUT2D eigenvalue weighted by Gasteiger charge is 2.07. The Morgan fingerprint density at radius 1 is 1.32 bits per heavy atom. The van der Waals surface area contributed by atoms with Gasteiger partial charge < -0.3 is 14.6 Å². The van der Waals surface area contributed by atoms with Crippen molar-refractivity contribution in [3.8, 4) is 0 Å². The second-order valence-corrected chi connectivity index (χ2v) is 4.74. The molecule has 1 atom stereocenters. The van der Waals surface area contributed by atoms with Crippen molar-refractivity contribution in [1.29, 1.82) is 0 Å². The highest BCUT2D eigenvalue weighted by molar-refractivity contribution is 5.79. The maximum atomic E-state index is 9.03. The minimum Gasteiger partial charge on any atom is -0.395 e. The molecule has 2 rings (SSSR count). The molecule has 0 bridgehead atoms. The van der Waals surface area contributed by atoms with Crippen LogP contribution in [0.15, 0.2) is 69.3 Å². The number of nitrogens with zero attached hydrogens (tertiary/aromatic N) is 6. The Labute approximate surface area is 129 Å². The van der Waals surface area contributed by atoms with Gasteiger partial charge in [0.2, 0.25) is 0 Å². The van der Waals surface area contributed by atoms with Crippen molar-refractivity contribution in [1.82, 2.24) is 9.47 Å². The molecule has 116 valence electrons. The number of aliphatic hydroxyl groups is 1. The minimum absolute atomic E-state index is 0.0491. The summed E-state index contributed by atoms with van der Waals surface area (Å²) in [4.78, 5) is 1.94. The van der Waals surface area contributed by atoms with E-state index in [2.05, 4.69) is 20.4 Å². The van der Waals surface area contributed by atoms with Crippen LogP contribution in [0.2, 0.25) is 0 Å². The monoisotopic (exact) mass is 300 g/mol. The van der Waals surface area contributed by atoms with Crippen molar-refractivity contribution in [3.05, 3.63) is 54.3 Å². The molecule has 7 nitrogen and oxygen atoms in total. The van der Waals surface area contributed by atoms with E-state index in [1.54, 1.807) is 6.92 Å². The van der Waals surface area contributed by atoms with Crippen LogP contribution in [0.4, 0.5) is 0 Å². The fourth-order valence-electron chi connectivity index (χ4n) is 1.83. The lowest BCUT2D eigenvalue weighted by Gasteiger charge is -2.20. The summed E-state index contributed by atoms with van der Waals surface area (Å²) in [5, 5.41) is 25.5. The first-order valence-corrected chi connectivity index (χ1v) is 7.03. The van der Waals surface area contributed by atoms with Crippen LogP contribution in [0.5, 0.6) is 0 Å². The first kappa shape index (κ1) is 15.8. The zero-order valence-corrected chi connectivity index (χ0v) is 12.7. The summed E-state index contributed by atoms with van der Waals surface area (Å²) in [6.07, 6.45) is 9.48. The summed E-state index contributed by atoms with van der Waals surface area (Å²) in [6.45, 7) is 2.27. The first-order chi connectivity index (χ1) is 10.7. The fraction of sp³-hybridized carbons (Fsp3) is 0.333. The Kier molecular flexibility index (Phi) is 5.79. The van der Waals surface area contributed by atoms with Gasteiger partial charge in [-0.25, -0.2) is 0 Å². The smallest absolute Gasteiger partial charge is 0.170 e. The molecule has 0 fully saturated rings. The molecule has 0 radical (unpaired) electrons. The summed E-state index contributed by atoms with van der Waals surface area (Å²) in [5.41, 5.74) is 0.656. The highest BCUT2D eigenvalue weighted by Crippen LogP contribution is 2.07. The number of azo groups is 1. The lowest BCUT2D eigenvalue weighted by Crippen LogP contribution is -2.24. The van der Waals surface area contributed by atoms with Gasteiger partial charge in [0.1, 0.15) is 0 Å². The average molecular weight is 300 g/mol. The number of pyridine rings is 1. The molecule has 7 heteroatoms. The Morgan fingerprint density at radius 3 is 2.95 bits per heavy atom. The lowest BCUT2D eigenvalue weighted by atomic mass is 10.3. The van der Waals surface area contributed by atoms with Crippen LogP contribution in [-0.4, -0.2) is 40.2 Å². The number of likely N-dealkylation sites (N-methyl/N-ethyl adjacent to an activating group) is 1. The van der Waals surface area contributed by atoms with Gasteiger partial charge in [0.25, 0.3) is 0 Å². The van der Waals surface area contributed by atoms with Gasteiger partial charge in [-0.3, -0.25) is 0 Å². The Balaban J connectivity index is 2.11. The number of aliphatic hydroxyl groups excluding tert-OH is 1. The Bertz CT molecular complexity index is 671. The molecule has 0 aliphatic carbocycles. The van der Waals surface area contributed by atoms with Gasteiger partial charge in [-0.05, 0) is 31.2 Å². The van der Waals surface area contributed by atoms with Gasteiger partial charge in [-0.15, -0.1) is 15.3 Å². The molecular weight excluding hydrogens is 280 g/mol. The van der Waals surface area contributed by atoms with Crippen LogP contribution < -0.4 is 5.49 Å². The van der Waals surface area contributed by atoms with Crippen molar-refractivity contribution in [2.45, 2.75) is 19.6 Å². The third-order valence-electron chi connectivity index (χ3n) is 3.01. The third kappa shape index (κ3) is 4.49. The number of hydrogen-bond donors (Lipinski definition) is 1. The van der Waals surface area contributed by atoms with Gasteiger partial charge >= 0.3 is 0 Å². The third-order valence-corrected chi connectivity index (χ3v) is 3.01.